The summed E-state index contributed by atoms with van der Waals surface area (Å²) in [6.07, 6.45) is 1.50. The van der Waals surface area contributed by atoms with Crippen LogP contribution in [-0.2, 0) is 0 Å². The Morgan fingerprint density at radius 2 is 1.79 bits per heavy atom. The molecule has 0 atom stereocenters. The number of Topliss-reactive ketones (excluding diaryl/α,β-unsaturated/α-hetero) is 1. The molecule has 126 valence electrons. The predicted octanol–water partition coefficient (Wildman–Crippen LogP) is 1.93. The Kier molecular flexibility index (Phi) is 4.96. The van der Waals surface area contributed by atoms with E-state index >= 15 is 0 Å². The van der Waals surface area contributed by atoms with E-state index in [0.29, 0.717) is 44.0 Å². The van der Waals surface area contributed by atoms with Gasteiger partial charge >= 0.3 is 0 Å². The molecule has 1 fully saturated rings. The Hall–Kier alpha value is -2.60. The second-order valence-corrected chi connectivity index (χ2v) is 5.70. The monoisotopic (exact) mass is 328 g/mol. The Bertz CT molecular complexity index is 686. The zero-order chi connectivity index (χ0) is 16.9. The highest BCUT2D eigenvalue weighted by Gasteiger charge is 2.24. The van der Waals surface area contributed by atoms with Crippen molar-refractivity contribution in [3.63, 3.8) is 0 Å². The molecule has 2 heterocycles. The molecule has 1 amide bonds. The number of carbonyl (C=O) groups is 2. The van der Waals surface area contributed by atoms with Crippen LogP contribution in [0.3, 0.4) is 0 Å². The first-order chi connectivity index (χ1) is 11.7. The maximum atomic E-state index is 12.3. The molecular weight excluding hydrogens is 308 g/mol. The molecule has 6 heteroatoms. The number of rotatable bonds is 5. The molecule has 0 saturated carbocycles. The van der Waals surface area contributed by atoms with Crippen molar-refractivity contribution in [2.45, 2.75) is 0 Å². The van der Waals surface area contributed by atoms with Gasteiger partial charge in [0.2, 0.25) is 0 Å². The normalized spacial score (nSPS) is 15.3. The van der Waals surface area contributed by atoms with Crippen LogP contribution in [-0.4, -0.2) is 61.3 Å². The van der Waals surface area contributed by atoms with Gasteiger partial charge in [-0.1, -0.05) is 0 Å². The molecule has 0 unspecified atom stereocenters. The van der Waals surface area contributed by atoms with Crippen molar-refractivity contribution in [1.82, 2.24) is 9.80 Å². The van der Waals surface area contributed by atoms with Crippen LogP contribution in [0.25, 0.3) is 0 Å². The van der Waals surface area contributed by atoms with Crippen molar-refractivity contribution >= 4 is 11.7 Å². The lowest BCUT2D eigenvalue weighted by molar-refractivity contribution is 0.0596. The lowest BCUT2D eigenvalue weighted by Gasteiger charge is -2.33. The highest BCUT2D eigenvalue weighted by Crippen LogP contribution is 2.13. The Balaban J connectivity index is 1.51. The molecule has 2 aromatic rings. The minimum absolute atomic E-state index is 0.0727. The van der Waals surface area contributed by atoms with Gasteiger partial charge in [0.15, 0.2) is 11.5 Å². The third kappa shape index (κ3) is 3.65. The molecule has 6 nitrogen and oxygen atoms in total. The van der Waals surface area contributed by atoms with Crippen molar-refractivity contribution in [3.8, 4) is 5.75 Å². The van der Waals surface area contributed by atoms with Crippen LogP contribution in [0.15, 0.2) is 47.1 Å². The van der Waals surface area contributed by atoms with E-state index in [4.69, 9.17) is 9.15 Å². The van der Waals surface area contributed by atoms with Crippen molar-refractivity contribution < 1.29 is 18.7 Å². The zero-order valence-corrected chi connectivity index (χ0v) is 13.6. The average Bonchev–Trinajstić information content (AvgIpc) is 3.16. The third-order valence-corrected chi connectivity index (χ3v) is 4.17. The lowest BCUT2D eigenvalue weighted by Crippen LogP contribution is -2.49. The van der Waals surface area contributed by atoms with Crippen LogP contribution < -0.4 is 4.74 Å². The first-order valence-corrected chi connectivity index (χ1v) is 7.90. The van der Waals surface area contributed by atoms with Crippen LogP contribution >= 0.6 is 0 Å². The molecule has 1 aromatic heterocycles. The second kappa shape index (κ2) is 7.31. The Morgan fingerprint density at radius 1 is 1.08 bits per heavy atom. The van der Waals surface area contributed by atoms with Crippen molar-refractivity contribution in [1.29, 1.82) is 0 Å². The molecular formula is C18H20N2O4. The van der Waals surface area contributed by atoms with E-state index < -0.39 is 0 Å². The summed E-state index contributed by atoms with van der Waals surface area (Å²) in [5.41, 5.74) is 0.671. The van der Waals surface area contributed by atoms with Crippen molar-refractivity contribution in [2.75, 3.05) is 39.8 Å². The number of ketones is 1. The highest BCUT2D eigenvalue weighted by molar-refractivity contribution is 5.97. The van der Waals surface area contributed by atoms with Crippen molar-refractivity contribution in [2.24, 2.45) is 0 Å². The first-order valence-electron chi connectivity index (χ1n) is 7.90. The molecule has 1 aromatic carbocycles. The Morgan fingerprint density at radius 3 is 2.38 bits per heavy atom. The summed E-state index contributed by atoms with van der Waals surface area (Å²) in [6, 6.07) is 10.5. The topological polar surface area (TPSA) is 63.0 Å². The van der Waals surface area contributed by atoms with E-state index in [1.807, 2.05) is 0 Å². The van der Waals surface area contributed by atoms with Crippen molar-refractivity contribution in [3.05, 3.63) is 54.0 Å². The fourth-order valence-corrected chi connectivity index (χ4v) is 2.74. The largest absolute Gasteiger partial charge is 0.497 e. The molecule has 1 aliphatic rings. The molecule has 0 radical (unpaired) electrons. The molecule has 1 aliphatic heterocycles. The maximum Gasteiger partial charge on any atom is 0.289 e. The van der Waals surface area contributed by atoms with E-state index in [0.717, 1.165) is 5.75 Å². The van der Waals surface area contributed by atoms with E-state index in [1.54, 1.807) is 48.4 Å². The average molecular weight is 328 g/mol. The summed E-state index contributed by atoms with van der Waals surface area (Å²) in [5.74, 6) is 1.07. The molecule has 1 saturated heterocycles. The van der Waals surface area contributed by atoms with Gasteiger partial charge in [-0.05, 0) is 36.4 Å². The van der Waals surface area contributed by atoms with Gasteiger partial charge in [-0.15, -0.1) is 0 Å². The van der Waals surface area contributed by atoms with Crippen LogP contribution in [0.2, 0.25) is 0 Å². The van der Waals surface area contributed by atoms with Gasteiger partial charge in [0.05, 0.1) is 19.9 Å². The number of nitrogens with zero attached hydrogens (tertiary/aromatic N) is 2. The minimum Gasteiger partial charge on any atom is -0.497 e. The van der Waals surface area contributed by atoms with Crippen LogP contribution in [0.4, 0.5) is 0 Å². The number of methoxy groups -OCH3 is 1. The lowest BCUT2D eigenvalue weighted by atomic mass is 10.1. The molecule has 0 spiro atoms. The van der Waals surface area contributed by atoms with E-state index in [1.165, 1.54) is 6.26 Å². The summed E-state index contributed by atoms with van der Waals surface area (Å²) in [7, 11) is 1.60. The van der Waals surface area contributed by atoms with Gasteiger partial charge in [0.25, 0.3) is 5.91 Å². The summed E-state index contributed by atoms with van der Waals surface area (Å²) >= 11 is 0. The third-order valence-electron chi connectivity index (χ3n) is 4.17. The van der Waals surface area contributed by atoms with Crippen LogP contribution in [0.5, 0.6) is 5.75 Å². The molecule has 3 rings (SSSR count). The zero-order valence-electron chi connectivity index (χ0n) is 13.6. The molecule has 24 heavy (non-hydrogen) atoms. The number of ether oxygens (including phenoxy) is 1. The van der Waals surface area contributed by atoms with Gasteiger partial charge in [0, 0.05) is 31.7 Å². The number of hydrogen-bond donors (Lipinski definition) is 0. The van der Waals surface area contributed by atoms with Gasteiger partial charge < -0.3 is 14.1 Å². The molecule has 0 N–H and O–H groups in total. The number of piperazine rings is 1. The summed E-state index contributed by atoms with van der Waals surface area (Å²) < 4.78 is 10.2. The summed E-state index contributed by atoms with van der Waals surface area (Å²) in [6.45, 7) is 2.89. The van der Waals surface area contributed by atoms with Crippen LogP contribution in [0, 0.1) is 0 Å². The fraction of sp³-hybridized carbons (Fsp3) is 0.333. The smallest absolute Gasteiger partial charge is 0.289 e. The number of furan rings is 1. The maximum absolute atomic E-state index is 12.3. The SMILES string of the molecule is COc1ccc(C(=O)CN2CCN(C(=O)c3ccco3)CC2)cc1. The van der Waals surface area contributed by atoms with Gasteiger partial charge in [0.1, 0.15) is 5.75 Å². The molecule has 0 bridgehead atoms. The molecule has 0 aliphatic carbocycles. The summed E-state index contributed by atoms with van der Waals surface area (Å²) in [5, 5.41) is 0. The first kappa shape index (κ1) is 16.3. The van der Waals surface area contributed by atoms with Gasteiger partial charge in [-0.25, -0.2) is 0 Å². The fourth-order valence-electron chi connectivity index (χ4n) is 2.74. The Labute approximate surface area is 140 Å². The highest BCUT2D eigenvalue weighted by atomic mass is 16.5. The second-order valence-electron chi connectivity index (χ2n) is 5.70. The predicted molar refractivity (Wildman–Crippen MR) is 88.4 cm³/mol. The van der Waals surface area contributed by atoms with Gasteiger partial charge in [-0.3, -0.25) is 14.5 Å². The van der Waals surface area contributed by atoms with E-state index in [-0.39, 0.29) is 11.7 Å². The summed E-state index contributed by atoms with van der Waals surface area (Å²) in [4.78, 5) is 28.4. The number of benzene rings is 1. The number of carbonyl (C=O) groups excluding carboxylic acids is 2. The van der Waals surface area contributed by atoms with E-state index in [9.17, 15) is 9.59 Å². The number of amides is 1. The number of hydrogen-bond acceptors (Lipinski definition) is 5. The minimum atomic E-state index is -0.0962. The van der Waals surface area contributed by atoms with Crippen LogP contribution in [0.1, 0.15) is 20.9 Å². The standard InChI is InChI=1S/C18H20N2O4/c1-23-15-6-4-14(5-7-15)16(21)13-19-8-10-20(11-9-19)18(22)17-3-2-12-24-17/h2-7,12H,8-11,13H2,1H3. The van der Waals surface area contributed by atoms with E-state index in [2.05, 4.69) is 4.90 Å². The quantitative estimate of drug-likeness (QED) is 0.785. The van der Waals surface area contributed by atoms with Gasteiger partial charge in [-0.2, -0.15) is 0 Å².